The second-order valence-electron chi connectivity index (χ2n) is 5.37. The van der Waals surface area contributed by atoms with Gasteiger partial charge >= 0.3 is 5.97 Å². The van der Waals surface area contributed by atoms with E-state index in [9.17, 15) is 9.90 Å². The summed E-state index contributed by atoms with van der Waals surface area (Å²) >= 11 is 0. The van der Waals surface area contributed by atoms with Gasteiger partial charge in [0, 0.05) is 10.8 Å². The average molecular weight is 304 g/mol. The largest absolute Gasteiger partial charge is 0.504 e. The molecule has 5 nitrogen and oxygen atoms in total. The number of rotatable bonds is 4. The Morgan fingerprint density at radius 2 is 1.68 bits per heavy atom. The molecule has 118 valence electrons. The molecule has 0 saturated carbocycles. The van der Waals surface area contributed by atoms with Gasteiger partial charge in [-0.2, -0.15) is 0 Å². The molecule has 2 rings (SSSR count). The highest BCUT2D eigenvalue weighted by atomic mass is 16.6. The van der Waals surface area contributed by atoms with Crippen molar-refractivity contribution >= 4 is 16.7 Å². The molecular formula is C17H20O5. The van der Waals surface area contributed by atoms with Gasteiger partial charge < -0.3 is 19.3 Å². The van der Waals surface area contributed by atoms with E-state index in [0.717, 1.165) is 5.56 Å². The van der Waals surface area contributed by atoms with E-state index in [1.54, 1.807) is 26.0 Å². The number of phenolic OH excluding ortho intramolecular Hbond substituents is 1. The van der Waals surface area contributed by atoms with Crippen LogP contribution in [-0.2, 0) is 4.79 Å². The minimum absolute atomic E-state index is 0.0394. The fraction of sp³-hybridized carbons (Fsp3) is 0.353. The van der Waals surface area contributed by atoms with Crippen molar-refractivity contribution in [2.75, 3.05) is 14.2 Å². The fourth-order valence-corrected chi connectivity index (χ4v) is 2.20. The number of hydrogen-bond acceptors (Lipinski definition) is 5. The van der Waals surface area contributed by atoms with Crippen molar-refractivity contribution in [3.63, 3.8) is 0 Å². The Morgan fingerprint density at radius 3 is 2.23 bits per heavy atom. The second-order valence-corrected chi connectivity index (χ2v) is 5.37. The molecule has 0 unspecified atom stereocenters. The zero-order valence-electron chi connectivity index (χ0n) is 13.4. The topological polar surface area (TPSA) is 65.0 Å². The zero-order valence-corrected chi connectivity index (χ0v) is 13.4. The van der Waals surface area contributed by atoms with Crippen LogP contribution in [0.25, 0.3) is 10.8 Å². The molecular weight excluding hydrogens is 284 g/mol. The lowest BCUT2D eigenvalue weighted by Crippen LogP contribution is -2.15. The molecule has 0 fully saturated rings. The van der Waals surface area contributed by atoms with Crippen molar-refractivity contribution < 1.29 is 24.1 Å². The lowest BCUT2D eigenvalue weighted by molar-refractivity contribution is -0.137. The highest BCUT2D eigenvalue weighted by Gasteiger charge is 2.24. The Kier molecular flexibility index (Phi) is 4.45. The molecule has 0 aromatic heterocycles. The van der Waals surface area contributed by atoms with Crippen LogP contribution in [0.4, 0.5) is 0 Å². The molecule has 0 radical (unpaired) electrons. The third-order valence-corrected chi connectivity index (χ3v) is 3.38. The number of aryl methyl sites for hydroxylation is 1. The number of carbonyl (C=O) groups is 1. The van der Waals surface area contributed by atoms with E-state index in [1.165, 1.54) is 14.2 Å². The molecule has 0 saturated heterocycles. The van der Waals surface area contributed by atoms with Crippen LogP contribution in [0.5, 0.6) is 23.0 Å². The quantitative estimate of drug-likeness (QED) is 0.692. The minimum atomic E-state index is -0.382. The monoisotopic (exact) mass is 304 g/mol. The Hall–Kier alpha value is -2.43. The normalized spacial score (nSPS) is 10.8. The first-order valence-corrected chi connectivity index (χ1v) is 6.99. The van der Waals surface area contributed by atoms with Crippen LogP contribution in [0.2, 0.25) is 0 Å². The maximum absolute atomic E-state index is 12.0. The van der Waals surface area contributed by atoms with E-state index in [-0.39, 0.29) is 34.9 Å². The first kappa shape index (κ1) is 15.9. The number of fused-ring (bicyclic) bond motifs is 1. The highest BCUT2D eigenvalue weighted by molar-refractivity contribution is 6.00. The summed E-state index contributed by atoms with van der Waals surface area (Å²) < 4.78 is 16.0. The lowest BCUT2D eigenvalue weighted by atomic mass is 10.0. The molecule has 1 N–H and O–H groups in total. The van der Waals surface area contributed by atoms with E-state index >= 15 is 0 Å². The van der Waals surface area contributed by atoms with E-state index < -0.39 is 0 Å². The van der Waals surface area contributed by atoms with Crippen molar-refractivity contribution in [1.29, 1.82) is 0 Å². The standard InChI is InChI=1S/C17H20O5/c1-9(2)17(19)22-14-11-7-6-10(3)8-12(11)13(18)15(20-4)16(14)21-5/h6-9,18H,1-5H3. The highest BCUT2D eigenvalue weighted by Crippen LogP contribution is 2.50. The number of ether oxygens (including phenoxy) is 3. The molecule has 0 aliphatic carbocycles. The molecule has 0 amide bonds. The molecule has 0 heterocycles. The van der Waals surface area contributed by atoms with Crippen LogP contribution < -0.4 is 14.2 Å². The van der Waals surface area contributed by atoms with Gasteiger partial charge in [-0.05, 0) is 13.0 Å². The summed E-state index contributed by atoms with van der Waals surface area (Å²) in [5.41, 5.74) is 0.969. The van der Waals surface area contributed by atoms with Gasteiger partial charge in [-0.15, -0.1) is 0 Å². The summed E-state index contributed by atoms with van der Waals surface area (Å²) in [6.45, 7) is 5.41. The maximum atomic E-state index is 12.0. The number of carbonyl (C=O) groups excluding carboxylic acids is 1. The van der Waals surface area contributed by atoms with E-state index in [1.807, 2.05) is 13.0 Å². The molecule has 0 spiro atoms. The van der Waals surface area contributed by atoms with Gasteiger partial charge in [0.25, 0.3) is 0 Å². The predicted molar refractivity (Wildman–Crippen MR) is 83.9 cm³/mol. The number of methoxy groups -OCH3 is 2. The predicted octanol–water partition coefficient (Wildman–Crippen LogP) is 3.43. The fourth-order valence-electron chi connectivity index (χ4n) is 2.20. The maximum Gasteiger partial charge on any atom is 0.313 e. The average Bonchev–Trinajstić information content (AvgIpc) is 2.49. The van der Waals surface area contributed by atoms with Gasteiger partial charge in [0.2, 0.25) is 11.5 Å². The van der Waals surface area contributed by atoms with Crippen LogP contribution >= 0.6 is 0 Å². The molecule has 0 aliphatic rings. The van der Waals surface area contributed by atoms with Crippen molar-refractivity contribution in [3.05, 3.63) is 23.8 Å². The Labute approximate surface area is 129 Å². The van der Waals surface area contributed by atoms with Gasteiger partial charge in [-0.25, -0.2) is 0 Å². The summed E-state index contributed by atoms with van der Waals surface area (Å²) in [5.74, 6) is -0.108. The molecule has 0 bridgehead atoms. The van der Waals surface area contributed by atoms with Crippen LogP contribution in [0.15, 0.2) is 18.2 Å². The molecule has 22 heavy (non-hydrogen) atoms. The van der Waals surface area contributed by atoms with Crippen LogP contribution in [0.3, 0.4) is 0 Å². The first-order chi connectivity index (χ1) is 10.4. The molecule has 5 heteroatoms. The number of esters is 1. The van der Waals surface area contributed by atoms with Gasteiger partial charge in [0.1, 0.15) is 0 Å². The minimum Gasteiger partial charge on any atom is -0.504 e. The third kappa shape index (κ3) is 2.66. The van der Waals surface area contributed by atoms with Crippen molar-refractivity contribution in [2.24, 2.45) is 5.92 Å². The number of hydrogen-bond donors (Lipinski definition) is 1. The van der Waals surface area contributed by atoms with Crippen LogP contribution in [0, 0.1) is 12.8 Å². The molecule has 0 aliphatic heterocycles. The van der Waals surface area contributed by atoms with Gasteiger partial charge in [0.05, 0.1) is 20.1 Å². The number of phenols is 1. The summed E-state index contributed by atoms with van der Waals surface area (Å²) in [6.07, 6.45) is 0. The summed E-state index contributed by atoms with van der Waals surface area (Å²) in [6, 6.07) is 5.47. The van der Waals surface area contributed by atoms with Gasteiger partial charge in [0.15, 0.2) is 11.5 Å². The van der Waals surface area contributed by atoms with Crippen molar-refractivity contribution in [3.8, 4) is 23.0 Å². The van der Waals surface area contributed by atoms with Gasteiger partial charge in [-0.1, -0.05) is 31.5 Å². The van der Waals surface area contributed by atoms with E-state index in [2.05, 4.69) is 0 Å². The van der Waals surface area contributed by atoms with Crippen molar-refractivity contribution in [1.82, 2.24) is 0 Å². The summed E-state index contributed by atoms with van der Waals surface area (Å²) in [4.78, 5) is 12.0. The summed E-state index contributed by atoms with van der Waals surface area (Å²) in [5, 5.41) is 11.5. The molecule has 2 aromatic rings. The number of benzene rings is 2. The smallest absolute Gasteiger partial charge is 0.313 e. The van der Waals surface area contributed by atoms with E-state index in [4.69, 9.17) is 14.2 Å². The Balaban J connectivity index is 2.80. The van der Waals surface area contributed by atoms with Crippen molar-refractivity contribution in [2.45, 2.75) is 20.8 Å². The SMILES string of the molecule is COc1c(OC)c(OC(=O)C(C)C)c2ccc(C)cc2c1O. The third-order valence-electron chi connectivity index (χ3n) is 3.38. The van der Waals surface area contributed by atoms with E-state index in [0.29, 0.717) is 10.8 Å². The van der Waals surface area contributed by atoms with Crippen LogP contribution in [0.1, 0.15) is 19.4 Å². The molecule has 0 atom stereocenters. The zero-order chi connectivity index (χ0) is 16.4. The number of aromatic hydroxyl groups is 1. The second kappa shape index (κ2) is 6.13. The Bertz CT molecular complexity index is 719. The molecule has 2 aromatic carbocycles. The summed E-state index contributed by atoms with van der Waals surface area (Å²) in [7, 11) is 2.86. The first-order valence-electron chi connectivity index (χ1n) is 6.99. The Morgan fingerprint density at radius 1 is 1.05 bits per heavy atom. The van der Waals surface area contributed by atoms with Crippen LogP contribution in [-0.4, -0.2) is 25.3 Å². The lowest BCUT2D eigenvalue weighted by Gasteiger charge is -2.18. The van der Waals surface area contributed by atoms with Gasteiger partial charge in [-0.3, -0.25) is 4.79 Å².